The van der Waals surface area contributed by atoms with Crippen molar-refractivity contribution in [1.29, 1.82) is 0 Å². The van der Waals surface area contributed by atoms with Crippen molar-refractivity contribution in [3.8, 4) is 0 Å². The van der Waals surface area contributed by atoms with Crippen molar-refractivity contribution >= 4 is 12.0 Å². The van der Waals surface area contributed by atoms with E-state index in [9.17, 15) is 4.79 Å². The van der Waals surface area contributed by atoms with E-state index in [4.69, 9.17) is 4.42 Å². The number of hydrogen-bond acceptors (Lipinski definition) is 3. The molecule has 1 unspecified atom stereocenters. The summed E-state index contributed by atoms with van der Waals surface area (Å²) in [4.78, 5) is 14.1. The number of amides is 1. The van der Waals surface area contributed by atoms with E-state index in [1.54, 1.807) is 12.3 Å². The van der Waals surface area contributed by atoms with Gasteiger partial charge >= 0.3 is 0 Å². The summed E-state index contributed by atoms with van der Waals surface area (Å²) >= 11 is 0. The van der Waals surface area contributed by atoms with Crippen LogP contribution in [-0.2, 0) is 4.79 Å². The summed E-state index contributed by atoms with van der Waals surface area (Å²) in [6.07, 6.45) is 5.07. The maximum atomic E-state index is 12.0. The first kappa shape index (κ1) is 17.0. The lowest BCUT2D eigenvalue weighted by atomic mass is 10.1. The summed E-state index contributed by atoms with van der Waals surface area (Å²) in [5, 5.41) is 2.93. The van der Waals surface area contributed by atoms with Gasteiger partial charge in [0, 0.05) is 12.6 Å². The van der Waals surface area contributed by atoms with Gasteiger partial charge in [0.05, 0.1) is 12.3 Å². The zero-order chi connectivity index (χ0) is 16.8. The number of carbonyl (C=O) groups excluding carboxylic acids is 1. The van der Waals surface area contributed by atoms with E-state index >= 15 is 0 Å². The average Bonchev–Trinajstić information content (AvgIpc) is 3.00. The second-order valence-corrected chi connectivity index (χ2v) is 5.93. The van der Waals surface area contributed by atoms with Gasteiger partial charge in [-0.25, -0.2) is 0 Å². The van der Waals surface area contributed by atoms with Crippen LogP contribution >= 0.6 is 0 Å². The summed E-state index contributed by atoms with van der Waals surface area (Å²) in [6.45, 7) is 4.60. The largest absolute Gasteiger partial charge is 0.468 e. The van der Waals surface area contributed by atoms with Crippen LogP contribution in [-0.4, -0.2) is 31.4 Å². The van der Waals surface area contributed by atoms with Gasteiger partial charge in [-0.3, -0.25) is 9.69 Å². The Hall–Kier alpha value is -2.33. The highest BCUT2D eigenvalue weighted by atomic mass is 16.3. The molecule has 122 valence electrons. The molecule has 1 aromatic heterocycles. The summed E-state index contributed by atoms with van der Waals surface area (Å²) in [5.74, 6) is 0.733. The zero-order valence-corrected chi connectivity index (χ0v) is 14.2. The summed E-state index contributed by atoms with van der Waals surface area (Å²) in [5.41, 5.74) is 3.44. The van der Waals surface area contributed by atoms with E-state index in [1.165, 1.54) is 5.56 Å². The number of likely N-dealkylation sites (N-methyl/N-ethyl adjacent to an activating group) is 1. The molecule has 23 heavy (non-hydrogen) atoms. The quantitative estimate of drug-likeness (QED) is 0.832. The fourth-order valence-corrected chi connectivity index (χ4v) is 2.45. The number of aryl methyl sites for hydroxylation is 2. The minimum Gasteiger partial charge on any atom is -0.468 e. The highest BCUT2D eigenvalue weighted by Gasteiger charge is 2.17. The standard InChI is InChI=1S/C19H24N2O2/c1-14-7-8-16(15(2)12-14)9-10-19(22)20-13-17(21(3)4)18-6-5-11-23-18/h5-12,17H,13H2,1-4H3,(H,20,22)/b10-9+. The molecule has 1 heterocycles. The molecule has 0 aliphatic heterocycles. The smallest absolute Gasteiger partial charge is 0.244 e. The third-order valence-corrected chi connectivity index (χ3v) is 3.80. The predicted molar refractivity (Wildman–Crippen MR) is 93.1 cm³/mol. The van der Waals surface area contributed by atoms with Crippen molar-refractivity contribution in [2.75, 3.05) is 20.6 Å². The number of rotatable bonds is 6. The number of nitrogens with zero attached hydrogens (tertiary/aromatic N) is 1. The molecular weight excluding hydrogens is 288 g/mol. The number of benzene rings is 1. The van der Waals surface area contributed by atoms with Gasteiger partial charge in [-0.2, -0.15) is 0 Å². The maximum absolute atomic E-state index is 12.0. The molecule has 0 radical (unpaired) electrons. The van der Waals surface area contributed by atoms with Crippen LogP contribution < -0.4 is 5.32 Å². The van der Waals surface area contributed by atoms with Crippen LogP contribution in [0.15, 0.2) is 47.1 Å². The lowest BCUT2D eigenvalue weighted by Gasteiger charge is -2.22. The van der Waals surface area contributed by atoms with Gasteiger partial charge in [-0.1, -0.05) is 23.8 Å². The van der Waals surface area contributed by atoms with E-state index < -0.39 is 0 Å². The van der Waals surface area contributed by atoms with Gasteiger partial charge in [-0.15, -0.1) is 0 Å². The van der Waals surface area contributed by atoms with Crippen LogP contribution in [0.5, 0.6) is 0 Å². The Morgan fingerprint density at radius 3 is 2.70 bits per heavy atom. The molecule has 0 aliphatic rings. The van der Waals surface area contributed by atoms with Crippen molar-refractivity contribution in [2.24, 2.45) is 0 Å². The fraction of sp³-hybridized carbons (Fsp3) is 0.316. The van der Waals surface area contributed by atoms with Crippen molar-refractivity contribution in [3.05, 3.63) is 65.1 Å². The highest BCUT2D eigenvalue weighted by molar-refractivity contribution is 5.91. The van der Waals surface area contributed by atoms with Crippen molar-refractivity contribution in [2.45, 2.75) is 19.9 Å². The Labute approximate surface area is 137 Å². The minimum atomic E-state index is -0.108. The molecule has 4 nitrogen and oxygen atoms in total. The van der Waals surface area contributed by atoms with Crippen LogP contribution in [0, 0.1) is 13.8 Å². The Morgan fingerprint density at radius 2 is 2.09 bits per heavy atom. The number of nitrogens with one attached hydrogen (secondary N) is 1. The van der Waals surface area contributed by atoms with Crippen LogP contribution in [0.3, 0.4) is 0 Å². The van der Waals surface area contributed by atoms with Gasteiger partial charge in [0.2, 0.25) is 5.91 Å². The second kappa shape index (κ2) is 7.79. The van der Waals surface area contributed by atoms with Gasteiger partial charge in [0.1, 0.15) is 5.76 Å². The molecule has 2 aromatic rings. The van der Waals surface area contributed by atoms with Gasteiger partial charge < -0.3 is 9.73 Å². The van der Waals surface area contributed by atoms with E-state index in [-0.39, 0.29) is 11.9 Å². The van der Waals surface area contributed by atoms with Gasteiger partial charge in [-0.05, 0) is 57.3 Å². The first-order valence-electron chi connectivity index (χ1n) is 7.70. The molecule has 1 atom stereocenters. The first-order valence-corrected chi connectivity index (χ1v) is 7.70. The number of furan rings is 1. The van der Waals surface area contributed by atoms with E-state index in [0.29, 0.717) is 6.54 Å². The van der Waals surface area contributed by atoms with E-state index in [1.807, 2.05) is 56.3 Å². The van der Waals surface area contributed by atoms with Crippen LogP contribution in [0.1, 0.15) is 28.5 Å². The molecule has 1 amide bonds. The Kier molecular flexibility index (Phi) is 5.77. The molecule has 0 fully saturated rings. The maximum Gasteiger partial charge on any atom is 0.244 e. The lowest BCUT2D eigenvalue weighted by Crippen LogP contribution is -2.33. The van der Waals surface area contributed by atoms with E-state index in [2.05, 4.69) is 18.3 Å². The first-order chi connectivity index (χ1) is 11.0. The van der Waals surface area contributed by atoms with Crippen molar-refractivity contribution < 1.29 is 9.21 Å². The lowest BCUT2D eigenvalue weighted by molar-refractivity contribution is -0.116. The Bertz CT molecular complexity index is 673. The second-order valence-electron chi connectivity index (χ2n) is 5.93. The zero-order valence-electron chi connectivity index (χ0n) is 14.2. The van der Waals surface area contributed by atoms with Crippen molar-refractivity contribution in [3.63, 3.8) is 0 Å². The molecule has 0 saturated heterocycles. The topological polar surface area (TPSA) is 45.5 Å². The predicted octanol–water partition coefficient (Wildman–Crippen LogP) is 3.33. The van der Waals surface area contributed by atoms with Crippen molar-refractivity contribution in [1.82, 2.24) is 10.2 Å². The summed E-state index contributed by atoms with van der Waals surface area (Å²) in [6, 6.07) is 9.97. The molecule has 0 aliphatic carbocycles. The summed E-state index contributed by atoms with van der Waals surface area (Å²) < 4.78 is 5.43. The van der Waals surface area contributed by atoms with Gasteiger partial charge in [0.25, 0.3) is 0 Å². The molecule has 1 N–H and O–H groups in total. The van der Waals surface area contributed by atoms with Gasteiger partial charge in [0.15, 0.2) is 0 Å². The average molecular weight is 312 g/mol. The summed E-state index contributed by atoms with van der Waals surface area (Å²) in [7, 11) is 3.93. The molecule has 0 spiro atoms. The third-order valence-electron chi connectivity index (χ3n) is 3.80. The Balaban J connectivity index is 1.95. The number of hydrogen-bond donors (Lipinski definition) is 1. The SMILES string of the molecule is Cc1ccc(/C=C/C(=O)NCC(c2ccco2)N(C)C)c(C)c1. The molecular formula is C19H24N2O2. The van der Waals surface area contributed by atoms with Crippen LogP contribution in [0.25, 0.3) is 6.08 Å². The molecule has 2 rings (SSSR count). The van der Waals surface area contributed by atoms with Crippen LogP contribution in [0.2, 0.25) is 0 Å². The van der Waals surface area contributed by atoms with Crippen LogP contribution in [0.4, 0.5) is 0 Å². The molecule has 0 bridgehead atoms. The van der Waals surface area contributed by atoms with E-state index in [0.717, 1.165) is 16.9 Å². The molecule has 0 saturated carbocycles. The third kappa shape index (κ3) is 4.83. The number of carbonyl (C=O) groups is 1. The minimum absolute atomic E-state index is 0.0171. The molecule has 1 aromatic carbocycles. The molecule has 4 heteroatoms. The fourth-order valence-electron chi connectivity index (χ4n) is 2.45. The Morgan fingerprint density at radius 1 is 1.30 bits per heavy atom. The normalized spacial score (nSPS) is 12.7. The monoisotopic (exact) mass is 312 g/mol. The highest BCUT2D eigenvalue weighted by Crippen LogP contribution is 2.17.